The molecule has 0 heterocycles. The molecule has 0 aromatic heterocycles. The molecule has 1 N–H and O–H groups in total. The zero-order chi connectivity index (χ0) is 15.3. The minimum absolute atomic E-state index is 0.0648. The summed E-state index contributed by atoms with van der Waals surface area (Å²) < 4.78 is 0. The van der Waals surface area contributed by atoms with Crippen molar-refractivity contribution in [2.24, 2.45) is 28.6 Å². The largest absolute Gasteiger partial charge is 0.396 e. The first-order valence-corrected chi connectivity index (χ1v) is 8.39. The van der Waals surface area contributed by atoms with Gasteiger partial charge < -0.3 is 5.11 Å². The van der Waals surface area contributed by atoms with Crippen LogP contribution >= 0.6 is 0 Å². The molecule has 0 spiro atoms. The maximum Gasteiger partial charge on any atom is 0.133 e. The fraction of sp³-hybridized carbons (Fsp3) is 0.737. The van der Waals surface area contributed by atoms with E-state index in [0.717, 1.165) is 25.7 Å². The number of hydrogen-bond donors (Lipinski definition) is 1. The summed E-state index contributed by atoms with van der Waals surface area (Å²) in [6.45, 7) is 8.74. The quantitative estimate of drug-likeness (QED) is 0.782. The van der Waals surface area contributed by atoms with E-state index in [1.807, 2.05) is 0 Å². The van der Waals surface area contributed by atoms with Gasteiger partial charge in [-0.3, -0.25) is 4.79 Å². The van der Waals surface area contributed by atoms with E-state index in [9.17, 15) is 9.90 Å². The molecule has 0 saturated heterocycles. The van der Waals surface area contributed by atoms with Gasteiger partial charge in [0.25, 0.3) is 0 Å². The van der Waals surface area contributed by atoms with Crippen molar-refractivity contribution in [3.05, 3.63) is 24.3 Å². The molecule has 0 unspecified atom stereocenters. The Kier molecular flexibility index (Phi) is 3.64. The molecule has 2 saturated carbocycles. The van der Waals surface area contributed by atoms with Crippen LogP contribution in [0.15, 0.2) is 24.3 Å². The average Bonchev–Trinajstić information content (AvgIpc) is 2.45. The molecule has 2 nitrogen and oxygen atoms in total. The number of Topliss-reactive ketones (excluding diaryl/α,β-unsaturated/α-hetero) is 1. The number of fused-ring (bicyclic) bond motifs is 3. The minimum atomic E-state index is 0.0648. The van der Waals surface area contributed by atoms with Gasteiger partial charge in [0.15, 0.2) is 0 Å². The molecular formula is C19H28O2. The van der Waals surface area contributed by atoms with Crippen molar-refractivity contribution in [2.75, 3.05) is 6.61 Å². The summed E-state index contributed by atoms with van der Waals surface area (Å²) >= 11 is 0. The van der Waals surface area contributed by atoms with Crippen molar-refractivity contribution in [3.63, 3.8) is 0 Å². The van der Waals surface area contributed by atoms with Gasteiger partial charge in [-0.25, -0.2) is 0 Å². The van der Waals surface area contributed by atoms with Crippen LogP contribution in [0.4, 0.5) is 0 Å². The minimum Gasteiger partial charge on any atom is -0.396 e. The monoisotopic (exact) mass is 288 g/mol. The third-order valence-corrected chi connectivity index (χ3v) is 6.66. The van der Waals surface area contributed by atoms with Crippen LogP contribution in [-0.4, -0.2) is 17.5 Å². The molecule has 116 valence electrons. The second-order valence-corrected chi connectivity index (χ2v) is 8.03. The molecule has 0 radical (unpaired) electrons. The van der Waals surface area contributed by atoms with Gasteiger partial charge in [-0.2, -0.15) is 0 Å². The maximum atomic E-state index is 12.2. The lowest BCUT2D eigenvalue weighted by molar-refractivity contribution is -0.134. The summed E-state index contributed by atoms with van der Waals surface area (Å²) in [6.07, 6.45) is 10.4. The molecule has 5 atom stereocenters. The van der Waals surface area contributed by atoms with E-state index in [1.54, 1.807) is 5.57 Å². The molecule has 2 heteroatoms. The third-order valence-electron chi connectivity index (χ3n) is 6.66. The number of aliphatic hydroxyl groups is 1. The highest BCUT2D eigenvalue weighted by Crippen LogP contribution is 2.59. The molecule has 2 fully saturated rings. The fourth-order valence-electron chi connectivity index (χ4n) is 5.46. The smallest absolute Gasteiger partial charge is 0.133 e. The Morgan fingerprint density at radius 2 is 2.19 bits per heavy atom. The predicted molar refractivity (Wildman–Crippen MR) is 84.8 cm³/mol. The molecule has 3 rings (SSSR count). The molecule has 0 bridgehead atoms. The van der Waals surface area contributed by atoms with Crippen LogP contribution in [0.2, 0.25) is 0 Å². The lowest BCUT2D eigenvalue weighted by atomic mass is 9.48. The van der Waals surface area contributed by atoms with E-state index in [0.29, 0.717) is 30.5 Å². The Morgan fingerprint density at radius 3 is 2.86 bits per heavy atom. The van der Waals surface area contributed by atoms with Gasteiger partial charge in [-0.15, -0.1) is 6.58 Å². The normalized spacial score (nSPS) is 46.3. The number of ketones is 1. The Balaban J connectivity index is 1.96. The van der Waals surface area contributed by atoms with E-state index >= 15 is 0 Å². The van der Waals surface area contributed by atoms with Crippen LogP contribution in [-0.2, 0) is 4.79 Å². The van der Waals surface area contributed by atoms with Crippen molar-refractivity contribution >= 4 is 5.78 Å². The highest BCUT2D eigenvalue weighted by molar-refractivity contribution is 5.80. The van der Waals surface area contributed by atoms with Crippen LogP contribution in [0.3, 0.4) is 0 Å². The van der Waals surface area contributed by atoms with Crippen molar-refractivity contribution in [3.8, 4) is 0 Å². The fourth-order valence-corrected chi connectivity index (χ4v) is 5.46. The highest BCUT2D eigenvalue weighted by atomic mass is 16.3. The van der Waals surface area contributed by atoms with E-state index < -0.39 is 0 Å². The second-order valence-electron chi connectivity index (χ2n) is 8.03. The van der Waals surface area contributed by atoms with E-state index in [4.69, 9.17) is 0 Å². The molecule has 21 heavy (non-hydrogen) atoms. The van der Waals surface area contributed by atoms with Gasteiger partial charge >= 0.3 is 0 Å². The van der Waals surface area contributed by atoms with E-state index in [1.165, 1.54) is 0 Å². The molecule has 0 aliphatic heterocycles. The number of hydrogen-bond acceptors (Lipinski definition) is 2. The predicted octanol–water partition coefficient (Wildman–Crippen LogP) is 3.90. The van der Waals surface area contributed by atoms with Gasteiger partial charge in [0, 0.05) is 24.9 Å². The molecule has 0 amide bonds. The van der Waals surface area contributed by atoms with Gasteiger partial charge in [-0.1, -0.05) is 31.6 Å². The van der Waals surface area contributed by atoms with E-state index in [-0.39, 0.29) is 23.4 Å². The lowest BCUT2D eigenvalue weighted by Crippen LogP contribution is -2.50. The number of carbonyl (C=O) groups is 1. The summed E-state index contributed by atoms with van der Waals surface area (Å²) in [6, 6.07) is 0. The van der Waals surface area contributed by atoms with Crippen molar-refractivity contribution < 1.29 is 9.90 Å². The zero-order valence-electron chi connectivity index (χ0n) is 13.4. The summed E-state index contributed by atoms with van der Waals surface area (Å²) in [5.41, 5.74) is 1.74. The van der Waals surface area contributed by atoms with Crippen LogP contribution in [0.1, 0.15) is 52.4 Å². The summed E-state index contributed by atoms with van der Waals surface area (Å²) in [5, 5.41) is 9.70. The number of aliphatic hydroxyl groups excluding tert-OH is 1. The van der Waals surface area contributed by atoms with Crippen LogP contribution in [0.5, 0.6) is 0 Å². The first-order chi connectivity index (χ1) is 9.92. The number of carbonyl (C=O) groups excluding carboxylic acids is 1. The third kappa shape index (κ3) is 2.32. The Morgan fingerprint density at radius 1 is 1.43 bits per heavy atom. The summed E-state index contributed by atoms with van der Waals surface area (Å²) in [7, 11) is 0. The Bertz CT molecular complexity index is 492. The van der Waals surface area contributed by atoms with Gasteiger partial charge in [0.2, 0.25) is 0 Å². The SMILES string of the molecule is C=C[C@]1(C)C=C2CC[C@H]3[C@H](CO)CC(=O)C[C@]3(C)[C@H]2CC1. The first-order valence-electron chi connectivity index (χ1n) is 8.39. The molecular weight excluding hydrogens is 260 g/mol. The second kappa shape index (κ2) is 5.08. The molecule has 0 aromatic carbocycles. The van der Waals surface area contributed by atoms with Crippen molar-refractivity contribution in [2.45, 2.75) is 52.4 Å². The molecule has 0 aromatic rings. The van der Waals surface area contributed by atoms with Crippen molar-refractivity contribution in [1.82, 2.24) is 0 Å². The highest BCUT2D eigenvalue weighted by Gasteiger charge is 2.53. The summed E-state index contributed by atoms with van der Waals surface area (Å²) in [5.74, 6) is 1.58. The topological polar surface area (TPSA) is 37.3 Å². The van der Waals surface area contributed by atoms with Crippen molar-refractivity contribution in [1.29, 1.82) is 0 Å². The summed E-state index contributed by atoms with van der Waals surface area (Å²) in [4.78, 5) is 12.2. The van der Waals surface area contributed by atoms with Crippen LogP contribution < -0.4 is 0 Å². The first kappa shape index (κ1) is 15.0. The number of rotatable bonds is 2. The molecule has 3 aliphatic rings. The zero-order valence-corrected chi connectivity index (χ0v) is 13.4. The van der Waals surface area contributed by atoms with Gasteiger partial charge in [0.1, 0.15) is 5.78 Å². The van der Waals surface area contributed by atoms with Gasteiger partial charge in [-0.05, 0) is 48.9 Å². The van der Waals surface area contributed by atoms with Crippen LogP contribution in [0, 0.1) is 28.6 Å². The molecule has 3 aliphatic carbocycles. The maximum absolute atomic E-state index is 12.2. The van der Waals surface area contributed by atoms with E-state index in [2.05, 4.69) is 32.6 Å². The number of allylic oxidation sites excluding steroid dienone is 3. The Labute approximate surface area is 128 Å². The lowest BCUT2D eigenvalue weighted by Gasteiger charge is -2.56. The Hall–Kier alpha value is -0.890. The van der Waals surface area contributed by atoms with Gasteiger partial charge in [0.05, 0.1) is 0 Å². The van der Waals surface area contributed by atoms with Crippen LogP contribution in [0.25, 0.3) is 0 Å². The average molecular weight is 288 g/mol. The standard InChI is InChI=1S/C19H28O2/c1-4-18(2)8-7-17-13(10-18)5-6-16-14(12-20)9-15(21)11-19(16,17)3/h4,10,14,16-17,20H,1,5-9,11-12H2,2-3H3/t14-,16-,17-,18-,19-/m0/s1.